The smallest absolute Gasteiger partial charge is 0.279 e. The van der Waals surface area contributed by atoms with Crippen molar-refractivity contribution in [3.63, 3.8) is 0 Å². The van der Waals surface area contributed by atoms with Crippen LogP contribution in [0.3, 0.4) is 0 Å². The lowest BCUT2D eigenvalue weighted by Crippen LogP contribution is -2.43. The van der Waals surface area contributed by atoms with Crippen LogP contribution in [0.5, 0.6) is 0 Å². The van der Waals surface area contributed by atoms with Crippen LogP contribution in [0.4, 0.5) is 14.6 Å². The number of hydrogen-bond donors (Lipinski definition) is 3. The van der Waals surface area contributed by atoms with Gasteiger partial charge in [-0.15, -0.1) is 0 Å². The monoisotopic (exact) mass is 347 g/mol. The lowest BCUT2D eigenvalue weighted by atomic mass is 10.1. The maximum absolute atomic E-state index is 12.3. The molecule has 1 saturated heterocycles. The summed E-state index contributed by atoms with van der Waals surface area (Å²) in [5.41, 5.74) is 6.55. The summed E-state index contributed by atoms with van der Waals surface area (Å²) in [6.07, 6.45) is 4.64. The average Bonchev–Trinajstić information content (AvgIpc) is 3.09. The first-order valence-electron chi connectivity index (χ1n) is 7.95. The number of halogens is 2. The Balaban J connectivity index is 1.76. The maximum Gasteiger partial charge on any atom is 0.279 e. The predicted octanol–water partition coefficient (Wildman–Crippen LogP) is 2.09. The highest BCUT2D eigenvalue weighted by Gasteiger charge is 2.18. The number of piperidine rings is 1. The van der Waals surface area contributed by atoms with E-state index in [1.54, 1.807) is 6.20 Å². The Labute approximate surface area is 143 Å². The molecular formula is C16H19F2N7. The van der Waals surface area contributed by atoms with Gasteiger partial charge < -0.3 is 15.6 Å². The largest absolute Gasteiger partial charge is 0.355 e. The van der Waals surface area contributed by atoms with Crippen molar-refractivity contribution < 1.29 is 8.78 Å². The summed E-state index contributed by atoms with van der Waals surface area (Å²) in [4.78, 5) is 17.8. The van der Waals surface area contributed by atoms with E-state index >= 15 is 0 Å². The molecule has 25 heavy (non-hydrogen) atoms. The second kappa shape index (κ2) is 7.47. The molecule has 2 aromatic rings. The number of hydrogen-bond acceptors (Lipinski definition) is 6. The molecule has 1 aliphatic rings. The van der Waals surface area contributed by atoms with Crippen molar-refractivity contribution in [3.05, 3.63) is 30.5 Å². The van der Waals surface area contributed by atoms with Gasteiger partial charge in [0, 0.05) is 25.2 Å². The van der Waals surface area contributed by atoms with E-state index in [2.05, 4.69) is 24.8 Å². The summed E-state index contributed by atoms with van der Waals surface area (Å²) in [7, 11) is 0. The molecular weight excluding hydrogens is 328 g/mol. The normalized spacial score (nSPS) is 18.2. The third kappa shape index (κ3) is 4.24. The molecule has 7 nitrogen and oxygen atoms in total. The van der Waals surface area contributed by atoms with Gasteiger partial charge in [-0.1, -0.05) is 0 Å². The van der Waals surface area contributed by atoms with E-state index in [0.717, 1.165) is 37.8 Å². The average molecular weight is 347 g/mol. The molecule has 3 rings (SSSR count). The van der Waals surface area contributed by atoms with E-state index in [-0.39, 0.29) is 6.04 Å². The number of nitrogens with zero attached hydrogens (tertiary/aromatic N) is 4. The Bertz CT molecular complexity index is 771. The van der Waals surface area contributed by atoms with Crippen LogP contribution in [0, 0.1) is 5.41 Å². The SMILES string of the molecule is N=C(/C=C\c1ncc(-c2cc(N3CCC[C@H](N)C3)ncn2)[nH]1)C(F)F. The third-order valence-corrected chi connectivity index (χ3v) is 3.96. The summed E-state index contributed by atoms with van der Waals surface area (Å²) in [5, 5.41) is 7.11. The Kier molecular flexibility index (Phi) is 5.13. The zero-order valence-electron chi connectivity index (χ0n) is 13.5. The van der Waals surface area contributed by atoms with Gasteiger partial charge >= 0.3 is 0 Å². The van der Waals surface area contributed by atoms with E-state index in [1.807, 2.05) is 6.07 Å². The first-order chi connectivity index (χ1) is 12.0. The van der Waals surface area contributed by atoms with E-state index in [4.69, 9.17) is 11.1 Å². The van der Waals surface area contributed by atoms with Crippen molar-refractivity contribution in [1.82, 2.24) is 19.9 Å². The fourth-order valence-corrected chi connectivity index (χ4v) is 2.68. The molecule has 1 fully saturated rings. The number of nitrogens with one attached hydrogen (secondary N) is 2. The first-order valence-corrected chi connectivity index (χ1v) is 7.95. The minimum atomic E-state index is -2.80. The summed E-state index contributed by atoms with van der Waals surface area (Å²) in [6.45, 7) is 1.65. The topological polar surface area (TPSA) is 108 Å². The minimum Gasteiger partial charge on any atom is -0.355 e. The van der Waals surface area contributed by atoms with Crippen molar-refractivity contribution in [2.24, 2.45) is 5.73 Å². The molecule has 0 saturated carbocycles. The van der Waals surface area contributed by atoms with Gasteiger partial charge in [-0.25, -0.2) is 23.7 Å². The fraction of sp³-hybridized carbons (Fsp3) is 0.375. The number of alkyl halides is 2. The Morgan fingerprint density at radius 3 is 3.00 bits per heavy atom. The number of rotatable bonds is 5. The second-order valence-electron chi connectivity index (χ2n) is 5.88. The summed E-state index contributed by atoms with van der Waals surface area (Å²) in [6, 6.07) is 1.99. The van der Waals surface area contributed by atoms with Crippen molar-refractivity contribution in [3.8, 4) is 11.4 Å². The maximum atomic E-state index is 12.3. The highest BCUT2D eigenvalue weighted by atomic mass is 19.3. The van der Waals surface area contributed by atoms with E-state index in [9.17, 15) is 8.78 Å². The van der Waals surface area contributed by atoms with Crippen LogP contribution in [0.2, 0.25) is 0 Å². The standard InChI is InChI=1S/C16H19F2N7/c17-16(18)11(20)3-4-14-21-7-13(24-14)12-6-15(23-9-22-12)25-5-1-2-10(19)8-25/h3-4,6-7,9-10,16,20H,1-2,5,8,19H2,(H,21,24)/b4-3-,20-11?/t10-/m0/s1. The molecule has 4 N–H and O–H groups in total. The van der Waals surface area contributed by atoms with Crippen LogP contribution < -0.4 is 10.6 Å². The summed E-state index contributed by atoms with van der Waals surface area (Å²) < 4.78 is 24.6. The number of allylic oxidation sites excluding steroid dienone is 1. The van der Waals surface area contributed by atoms with Gasteiger partial charge in [0.1, 0.15) is 18.0 Å². The first kappa shape index (κ1) is 17.2. The second-order valence-corrected chi connectivity index (χ2v) is 5.88. The van der Waals surface area contributed by atoms with Gasteiger partial charge in [0.2, 0.25) is 0 Å². The highest BCUT2D eigenvalue weighted by molar-refractivity contribution is 5.97. The van der Waals surface area contributed by atoms with E-state index in [0.29, 0.717) is 17.2 Å². The number of anilines is 1. The molecule has 0 amide bonds. The molecule has 0 spiro atoms. The van der Waals surface area contributed by atoms with Crippen LogP contribution in [0.15, 0.2) is 24.7 Å². The van der Waals surface area contributed by atoms with Crippen LogP contribution >= 0.6 is 0 Å². The van der Waals surface area contributed by atoms with Gasteiger partial charge in [0.15, 0.2) is 0 Å². The van der Waals surface area contributed by atoms with Crippen LogP contribution in [-0.2, 0) is 0 Å². The Morgan fingerprint density at radius 1 is 1.40 bits per heavy atom. The van der Waals surface area contributed by atoms with Crippen molar-refractivity contribution >= 4 is 17.6 Å². The lowest BCUT2D eigenvalue weighted by molar-refractivity contribution is 0.226. The van der Waals surface area contributed by atoms with Crippen molar-refractivity contribution in [2.75, 3.05) is 18.0 Å². The van der Waals surface area contributed by atoms with Crippen LogP contribution in [0.25, 0.3) is 17.5 Å². The van der Waals surface area contributed by atoms with Gasteiger partial charge in [-0.05, 0) is 25.0 Å². The van der Waals surface area contributed by atoms with Gasteiger partial charge in [-0.3, -0.25) is 5.41 Å². The summed E-state index contributed by atoms with van der Waals surface area (Å²) >= 11 is 0. The van der Waals surface area contributed by atoms with Gasteiger partial charge in [0.25, 0.3) is 6.43 Å². The molecule has 0 unspecified atom stereocenters. The fourth-order valence-electron chi connectivity index (χ4n) is 2.68. The van der Waals surface area contributed by atoms with Crippen LogP contribution in [0.1, 0.15) is 18.7 Å². The number of imidazole rings is 1. The molecule has 132 valence electrons. The molecule has 3 heterocycles. The molecule has 1 aliphatic heterocycles. The highest BCUT2D eigenvalue weighted by Crippen LogP contribution is 2.22. The van der Waals surface area contributed by atoms with Gasteiger partial charge in [-0.2, -0.15) is 0 Å². The molecule has 0 bridgehead atoms. The Morgan fingerprint density at radius 2 is 2.24 bits per heavy atom. The Hall–Kier alpha value is -2.68. The van der Waals surface area contributed by atoms with E-state index in [1.165, 1.54) is 12.4 Å². The molecule has 1 atom stereocenters. The molecule has 0 aromatic carbocycles. The zero-order chi connectivity index (χ0) is 17.8. The van der Waals surface area contributed by atoms with Crippen LogP contribution in [-0.4, -0.2) is 51.2 Å². The van der Waals surface area contributed by atoms with Gasteiger partial charge in [0.05, 0.1) is 23.3 Å². The zero-order valence-corrected chi connectivity index (χ0v) is 13.5. The molecule has 9 heteroatoms. The summed E-state index contributed by atoms with van der Waals surface area (Å²) in [5.74, 6) is 1.17. The lowest BCUT2D eigenvalue weighted by Gasteiger charge is -2.31. The quantitative estimate of drug-likeness (QED) is 0.718. The predicted molar refractivity (Wildman–Crippen MR) is 91.8 cm³/mol. The molecule has 2 aromatic heterocycles. The van der Waals surface area contributed by atoms with Crippen molar-refractivity contribution in [1.29, 1.82) is 5.41 Å². The number of nitrogens with two attached hydrogens (primary N) is 1. The number of H-pyrrole nitrogens is 1. The van der Waals surface area contributed by atoms with Crippen molar-refractivity contribution in [2.45, 2.75) is 25.3 Å². The molecule has 0 aliphatic carbocycles. The number of aromatic nitrogens is 4. The number of aromatic amines is 1. The third-order valence-electron chi connectivity index (χ3n) is 3.96. The minimum absolute atomic E-state index is 0.140. The van der Waals surface area contributed by atoms with E-state index < -0.39 is 12.1 Å². The molecule has 0 radical (unpaired) electrons.